The van der Waals surface area contributed by atoms with Gasteiger partial charge in [0.05, 0.1) is 6.61 Å². The van der Waals surface area contributed by atoms with Gasteiger partial charge in [-0.1, -0.05) is 166 Å². The van der Waals surface area contributed by atoms with E-state index in [2.05, 4.69) is 74.3 Å². The van der Waals surface area contributed by atoms with E-state index < -0.39 is 0 Å². The fraction of sp³-hybridized carbons (Fsp3) is 0.812. The van der Waals surface area contributed by atoms with Gasteiger partial charge in [-0.25, -0.2) is 0 Å². The lowest BCUT2D eigenvalue weighted by atomic mass is 10.1. The Kier molecular flexibility index (Phi) is 43.3. The van der Waals surface area contributed by atoms with E-state index in [9.17, 15) is 9.90 Å². The van der Waals surface area contributed by atoms with Crippen LogP contribution < -0.4 is 0 Å². The van der Waals surface area contributed by atoms with Crippen LogP contribution >= 0.6 is 0 Å². The molecule has 0 rings (SSSR count). The molecule has 0 aliphatic heterocycles. The van der Waals surface area contributed by atoms with Crippen molar-refractivity contribution < 1.29 is 14.7 Å². The van der Waals surface area contributed by atoms with Gasteiger partial charge < -0.3 is 14.8 Å². The van der Waals surface area contributed by atoms with Crippen molar-refractivity contribution in [3.05, 3.63) is 48.6 Å². The number of nitrogens with zero attached hydrogens (tertiary/aromatic N) is 2. The molecule has 0 spiro atoms. The molecule has 0 unspecified atom stereocenters. The van der Waals surface area contributed by atoms with Crippen LogP contribution in [0.3, 0.4) is 0 Å². The zero-order chi connectivity index (χ0) is 38.6. The Bertz CT molecular complexity index is 828. The normalized spacial score (nSPS) is 12.3. The number of aliphatic hydroxyl groups excluding tert-OH is 1. The molecule has 0 radical (unpaired) electrons. The molecule has 1 N–H and O–H groups in total. The third-order valence-electron chi connectivity index (χ3n) is 10.0. The average Bonchev–Trinajstić information content (AvgIpc) is 3.16. The third-order valence-corrected chi connectivity index (χ3v) is 10.0. The van der Waals surface area contributed by atoms with Gasteiger partial charge in [0.2, 0.25) is 0 Å². The third kappa shape index (κ3) is 41.3. The first-order chi connectivity index (χ1) is 26.2. The molecule has 0 atom stereocenters. The van der Waals surface area contributed by atoms with Crippen molar-refractivity contribution in [2.45, 2.75) is 213 Å². The monoisotopic (exact) mass is 743 g/mol. The minimum Gasteiger partial charge on any atom is -0.395 e. The first-order valence-electron chi connectivity index (χ1n) is 23.1. The zero-order valence-electron chi connectivity index (χ0n) is 35.7. The highest BCUT2D eigenvalue weighted by Crippen LogP contribution is 2.13. The molecule has 0 aliphatic rings. The highest BCUT2D eigenvalue weighted by molar-refractivity contribution is 5.68. The molecule has 310 valence electrons. The molecule has 53 heavy (non-hydrogen) atoms. The molecule has 5 nitrogen and oxygen atoms in total. The topological polar surface area (TPSA) is 53.0 Å². The number of hydroxylamine groups is 2. The fourth-order valence-electron chi connectivity index (χ4n) is 6.61. The van der Waals surface area contributed by atoms with Gasteiger partial charge in [0.15, 0.2) is 0 Å². The average molecular weight is 743 g/mol. The molecule has 0 saturated carbocycles. The second-order valence-electron chi connectivity index (χ2n) is 15.3. The number of hydrogen-bond donors (Lipinski definition) is 1. The quantitative estimate of drug-likeness (QED) is 0.0383. The second-order valence-corrected chi connectivity index (χ2v) is 15.3. The van der Waals surface area contributed by atoms with Crippen molar-refractivity contribution in [2.75, 3.05) is 39.3 Å². The predicted octanol–water partition coefficient (Wildman–Crippen LogP) is 14.0. The van der Waals surface area contributed by atoms with Gasteiger partial charge in [0.25, 0.3) is 0 Å². The van der Waals surface area contributed by atoms with E-state index >= 15 is 0 Å². The molecule has 0 fully saturated rings. The number of unbranched alkanes of at least 4 members (excludes halogenated alkanes) is 21. The number of aliphatic hydroxyl groups is 1. The summed E-state index contributed by atoms with van der Waals surface area (Å²) in [6.45, 7) is 11.6. The number of rotatable bonds is 42. The summed E-state index contributed by atoms with van der Waals surface area (Å²) in [6, 6.07) is 0. The number of hydrogen-bond acceptors (Lipinski definition) is 5. The fourth-order valence-corrected chi connectivity index (χ4v) is 6.61. The molecule has 0 aromatic carbocycles. The van der Waals surface area contributed by atoms with Crippen LogP contribution in [-0.2, 0) is 9.63 Å². The smallest absolute Gasteiger partial charge is 0.325 e. The highest BCUT2D eigenvalue weighted by atomic mass is 16.7. The van der Waals surface area contributed by atoms with Crippen LogP contribution in [0.4, 0.5) is 0 Å². The first-order valence-corrected chi connectivity index (χ1v) is 23.1. The van der Waals surface area contributed by atoms with Crippen molar-refractivity contribution in [1.82, 2.24) is 9.96 Å². The predicted molar refractivity (Wildman–Crippen MR) is 233 cm³/mol. The molecular weight excluding hydrogens is 653 g/mol. The molecule has 0 saturated heterocycles. The van der Waals surface area contributed by atoms with Crippen molar-refractivity contribution in [2.24, 2.45) is 0 Å². The van der Waals surface area contributed by atoms with Gasteiger partial charge in [-0.05, 0) is 103 Å². The summed E-state index contributed by atoms with van der Waals surface area (Å²) in [5.74, 6) is -0.0763. The molecule has 0 bridgehead atoms. The first kappa shape index (κ1) is 51.3. The molecule has 5 heteroatoms. The largest absolute Gasteiger partial charge is 0.395 e. The maximum absolute atomic E-state index is 12.7. The molecule has 0 amide bonds. The van der Waals surface area contributed by atoms with Crippen LogP contribution in [0.15, 0.2) is 48.6 Å². The Labute approximate surface area is 331 Å². The SMILES string of the molecule is CCCCC/C=C\C/C=C\CCCCCCCCN(CCO)CCCCCCCCCC(=O)ON(CC/C=C\CCCCC)CC/C=C\CCCCC. The van der Waals surface area contributed by atoms with Crippen LogP contribution in [0.2, 0.25) is 0 Å². The summed E-state index contributed by atoms with van der Waals surface area (Å²) < 4.78 is 0. The zero-order valence-corrected chi connectivity index (χ0v) is 35.7. The van der Waals surface area contributed by atoms with Gasteiger partial charge in [-0.3, -0.25) is 4.79 Å². The van der Waals surface area contributed by atoms with Crippen LogP contribution in [0.25, 0.3) is 0 Å². The minimum atomic E-state index is -0.0763. The van der Waals surface area contributed by atoms with E-state index in [-0.39, 0.29) is 12.6 Å². The van der Waals surface area contributed by atoms with E-state index in [1.165, 1.54) is 141 Å². The Morgan fingerprint density at radius 1 is 0.434 bits per heavy atom. The molecule has 0 aliphatic carbocycles. The summed E-state index contributed by atoms with van der Waals surface area (Å²) >= 11 is 0. The van der Waals surface area contributed by atoms with E-state index in [0.717, 1.165) is 77.7 Å². The lowest BCUT2D eigenvalue weighted by Crippen LogP contribution is -2.29. The van der Waals surface area contributed by atoms with Crippen LogP contribution in [0, 0.1) is 0 Å². The van der Waals surface area contributed by atoms with Crippen LogP contribution in [-0.4, -0.2) is 60.4 Å². The van der Waals surface area contributed by atoms with Gasteiger partial charge in [0, 0.05) is 26.1 Å². The summed E-state index contributed by atoms with van der Waals surface area (Å²) in [4.78, 5) is 21.0. The summed E-state index contributed by atoms with van der Waals surface area (Å²) in [5, 5.41) is 11.4. The standard InChI is InChI=1S/C48H90N2O3/c1-4-7-10-13-16-17-18-19-20-21-22-23-24-29-32-37-42-49(46-47-51)43-38-33-30-25-26-31-36-41-48(52)53-50(44-39-34-27-14-11-8-5-2)45-40-35-28-15-12-9-6-3/h16-17,19-20,27-28,34-35,51H,4-15,18,21-26,29-33,36-47H2,1-3H3/b17-16-,20-19-,34-27-,35-28-. The minimum absolute atomic E-state index is 0.0763. The van der Waals surface area contributed by atoms with Crippen LogP contribution in [0.1, 0.15) is 213 Å². The number of carbonyl (C=O) groups excluding carboxylic acids is 1. The molecule has 0 heterocycles. The van der Waals surface area contributed by atoms with E-state index in [1.54, 1.807) is 0 Å². The van der Waals surface area contributed by atoms with Crippen molar-refractivity contribution in [1.29, 1.82) is 0 Å². The van der Waals surface area contributed by atoms with E-state index in [1.807, 2.05) is 5.06 Å². The lowest BCUT2D eigenvalue weighted by molar-refractivity contribution is -0.190. The van der Waals surface area contributed by atoms with Gasteiger partial charge in [-0.15, -0.1) is 5.06 Å². The van der Waals surface area contributed by atoms with Gasteiger partial charge >= 0.3 is 5.97 Å². The second kappa shape index (κ2) is 44.7. The van der Waals surface area contributed by atoms with Crippen molar-refractivity contribution >= 4 is 5.97 Å². The van der Waals surface area contributed by atoms with Gasteiger partial charge in [0.1, 0.15) is 0 Å². The van der Waals surface area contributed by atoms with E-state index in [4.69, 9.17) is 4.84 Å². The van der Waals surface area contributed by atoms with Crippen molar-refractivity contribution in [3.63, 3.8) is 0 Å². The Morgan fingerprint density at radius 3 is 1.26 bits per heavy atom. The number of allylic oxidation sites excluding steroid dienone is 6. The van der Waals surface area contributed by atoms with Gasteiger partial charge in [-0.2, -0.15) is 0 Å². The van der Waals surface area contributed by atoms with E-state index in [0.29, 0.717) is 6.42 Å². The maximum Gasteiger partial charge on any atom is 0.325 e. The summed E-state index contributed by atoms with van der Waals surface area (Å²) in [7, 11) is 0. The highest BCUT2D eigenvalue weighted by Gasteiger charge is 2.11. The Balaban J connectivity index is 3.97. The maximum atomic E-state index is 12.7. The summed E-state index contributed by atoms with van der Waals surface area (Å²) in [6.07, 6.45) is 54.3. The molecule has 0 aromatic rings. The Hall–Kier alpha value is -1.69. The van der Waals surface area contributed by atoms with Crippen molar-refractivity contribution in [3.8, 4) is 0 Å². The number of carbonyl (C=O) groups is 1. The van der Waals surface area contributed by atoms with Crippen LogP contribution in [0.5, 0.6) is 0 Å². The molecule has 0 aromatic heterocycles. The Morgan fingerprint density at radius 2 is 0.811 bits per heavy atom. The summed E-state index contributed by atoms with van der Waals surface area (Å²) in [5.41, 5.74) is 0. The molecular formula is C48H90N2O3. The lowest BCUT2D eigenvalue weighted by Gasteiger charge is -2.21.